The minimum Gasteiger partial charge on any atom is -0.368 e. The van der Waals surface area contributed by atoms with Crippen LogP contribution in [0.25, 0.3) is 0 Å². The van der Waals surface area contributed by atoms with Crippen molar-refractivity contribution in [2.45, 2.75) is 0 Å². The van der Waals surface area contributed by atoms with Crippen molar-refractivity contribution in [3.8, 4) is 0 Å². The maximum absolute atomic E-state index is 4.22. The van der Waals surface area contributed by atoms with Gasteiger partial charge in [0.25, 0.3) is 0 Å². The molecule has 94 valence electrons. The fourth-order valence-electron chi connectivity index (χ4n) is 1.85. The van der Waals surface area contributed by atoms with Gasteiger partial charge >= 0.3 is 0 Å². The first kappa shape index (κ1) is 13.0. The molecule has 1 saturated heterocycles. The summed E-state index contributed by atoms with van der Waals surface area (Å²) >= 11 is 2.25. The zero-order valence-electron chi connectivity index (χ0n) is 10.1. The van der Waals surface area contributed by atoms with Crippen molar-refractivity contribution < 1.29 is 0 Å². The van der Waals surface area contributed by atoms with Crippen LogP contribution in [0.2, 0.25) is 0 Å². The molecule has 0 amide bonds. The van der Waals surface area contributed by atoms with Crippen molar-refractivity contribution in [2.24, 2.45) is 0 Å². The highest BCUT2D eigenvalue weighted by Crippen LogP contribution is 2.11. The Morgan fingerprint density at radius 3 is 2.82 bits per heavy atom. The SMILES string of the molecule is CN1CCN(CCNc2ncncc2I)CC1. The molecule has 6 heteroatoms. The fourth-order valence-corrected chi connectivity index (χ4v) is 2.34. The Morgan fingerprint density at radius 1 is 1.35 bits per heavy atom. The number of nitrogens with zero attached hydrogens (tertiary/aromatic N) is 4. The van der Waals surface area contributed by atoms with Gasteiger partial charge < -0.3 is 10.2 Å². The number of piperazine rings is 1. The molecule has 2 heterocycles. The van der Waals surface area contributed by atoms with E-state index < -0.39 is 0 Å². The summed E-state index contributed by atoms with van der Waals surface area (Å²) in [7, 11) is 2.18. The van der Waals surface area contributed by atoms with Crippen LogP contribution in [0.3, 0.4) is 0 Å². The molecular weight excluding hydrogens is 329 g/mol. The number of hydrogen-bond acceptors (Lipinski definition) is 5. The molecule has 1 aromatic heterocycles. The monoisotopic (exact) mass is 347 g/mol. The number of rotatable bonds is 4. The molecular formula is C11H18IN5. The Bertz CT molecular complexity index is 351. The zero-order valence-corrected chi connectivity index (χ0v) is 12.2. The molecule has 1 aliphatic rings. The lowest BCUT2D eigenvalue weighted by Gasteiger charge is -2.32. The Morgan fingerprint density at radius 2 is 2.12 bits per heavy atom. The summed E-state index contributed by atoms with van der Waals surface area (Å²) in [5.41, 5.74) is 0. The van der Waals surface area contributed by atoms with Gasteiger partial charge in [0.1, 0.15) is 12.1 Å². The number of likely N-dealkylation sites (N-methyl/N-ethyl adjacent to an activating group) is 1. The molecule has 0 bridgehead atoms. The molecule has 0 aromatic carbocycles. The smallest absolute Gasteiger partial charge is 0.142 e. The lowest BCUT2D eigenvalue weighted by atomic mass is 10.3. The number of hydrogen-bond donors (Lipinski definition) is 1. The van der Waals surface area contributed by atoms with Gasteiger partial charge in [-0.15, -0.1) is 0 Å². The first-order valence-corrected chi connectivity index (χ1v) is 6.94. The second-order valence-corrected chi connectivity index (χ2v) is 5.45. The zero-order chi connectivity index (χ0) is 12.1. The predicted molar refractivity (Wildman–Crippen MR) is 77.2 cm³/mol. The molecule has 1 aromatic rings. The lowest BCUT2D eigenvalue weighted by Crippen LogP contribution is -2.45. The standard InChI is InChI=1S/C11H18IN5/c1-16-4-6-17(7-5-16)3-2-14-11-10(12)8-13-9-15-11/h8-9H,2-7H2,1H3,(H,13,14,15). The van der Waals surface area contributed by atoms with E-state index in [2.05, 4.69) is 54.7 Å². The van der Waals surface area contributed by atoms with Crippen molar-refractivity contribution in [3.63, 3.8) is 0 Å². The summed E-state index contributed by atoms with van der Waals surface area (Å²) < 4.78 is 1.07. The number of nitrogens with one attached hydrogen (secondary N) is 1. The Balaban J connectivity index is 1.71. The molecule has 0 spiro atoms. The van der Waals surface area contributed by atoms with Crippen LogP contribution in [-0.4, -0.2) is 66.1 Å². The minimum atomic E-state index is 0.940. The van der Waals surface area contributed by atoms with Crippen LogP contribution in [0.1, 0.15) is 0 Å². The quantitative estimate of drug-likeness (QED) is 0.814. The van der Waals surface area contributed by atoms with Crippen LogP contribution >= 0.6 is 22.6 Å². The molecule has 1 aliphatic heterocycles. The second-order valence-electron chi connectivity index (χ2n) is 4.29. The molecule has 0 unspecified atom stereocenters. The topological polar surface area (TPSA) is 44.3 Å². The van der Waals surface area contributed by atoms with Gasteiger partial charge in [0, 0.05) is 45.5 Å². The van der Waals surface area contributed by atoms with Crippen LogP contribution in [-0.2, 0) is 0 Å². The molecule has 2 rings (SSSR count). The maximum atomic E-state index is 4.22. The van der Waals surface area contributed by atoms with Gasteiger partial charge in [0.05, 0.1) is 3.57 Å². The summed E-state index contributed by atoms with van der Waals surface area (Å²) in [5, 5.41) is 3.36. The van der Waals surface area contributed by atoms with Gasteiger partial charge in [-0.2, -0.15) is 0 Å². The summed E-state index contributed by atoms with van der Waals surface area (Å²) in [6.07, 6.45) is 3.41. The number of aromatic nitrogens is 2. The van der Waals surface area contributed by atoms with E-state index in [1.807, 2.05) is 6.20 Å². The molecule has 0 saturated carbocycles. The molecule has 17 heavy (non-hydrogen) atoms. The van der Waals surface area contributed by atoms with E-state index >= 15 is 0 Å². The van der Waals surface area contributed by atoms with E-state index in [9.17, 15) is 0 Å². The molecule has 5 nitrogen and oxygen atoms in total. The van der Waals surface area contributed by atoms with Gasteiger partial charge in [-0.3, -0.25) is 4.90 Å². The summed E-state index contributed by atoms with van der Waals surface area (Å²) in [4.78, 5) is 13.1. The average molecular weight is 347 g/mol. The van der Waals surface area contributed by atoms with Crippen molar-refractivity contribution in [1.29, 1.82) is 0 Å². The normalized spacial score (nSPS) is 18.2. The highest BCUT2D eigenvalue weighted by molar-refractivity contribution is 14.1. The van der Waals surface area contributed by atoms with Gasteiger partial charge in [-0.05, 0) is 29.6 Å². The number of halogens is 1. The van der Waals surface area contributed by atoms with Crippen LogP contribution in [0.15, 0.2) is 12.5 Å². The van der Waals surface area contributed by atoms with Crippen LogP contribution in [0, 0.1) is 3.57 Å². The Kier molecular flexibility index (Phi) is 4.93. The van der Waals surface area contributed by atoms with E-state index in [-0.39, 0.29) is 0 Å². The third kappa shape index (κ3) is 4.04. The second kappa shape index (κ2) is 6.46. The minimum absolute atomic E-state index is 0.940. The predicted octanol–water partition coefficient (Wildman–Crippen LogP) is 0.740. The summed E-state index contributed by atoms with van der Waals surface area (Å²) in [6, 6.07) is 0. The third-order valence-electron chi connectivity index (χ3n) is 2.98. The van der Waals surface area contributed by atoms with Crippen LogP contribution < -0.4 is 5.32 Å². The van der Waals surface area contributed by atoms with Crippen LogP contribution in [0.5, 0.6) is 0 Å². The Hall–Kier alpha value is -0.470. The van der Waals surface area contributed by atoms with Crippen molar-refractivity contribution in [2.75, 3.05) is 51.6 Å². The maximum Gasteiger partial charge on any atom is 0.142 e. The van der Waals surface area contributed by atoms with Crippen molar-refractivity contribution in [1.82, 2.24) is 19.8 Å². The summed E-state index contributed by atoms with van der Waals surface area (Å²) in [6.45, 7) is 6.69. The van der Waals surface area contributed by atoms with E-state index in [1.54, 1.807) is 6.33 Å². The van der Waals surface area contributed by atoms with E-state index in [0.717, 1.165) is 22.5 Å². The highest BCUT2D eigenvalue weighted by atomic mass is 127. The first-order chi connectivity index (χ1) is 8.25. The van der Waals surface area contributed by atoms with E-state index in [4.69, 9.17) is 0 Å². The van der Waals surface area contributed by atoms with Gasteiger partial charge in [0.2, 0.25) is 0 Å². The van der Waals surface area contributed by atoms with E-state index in [1.165, 1.54) is 26.2 Å². The van der Waals surface area contributed by atoms with E-state index in [0.29, 0.717) is 0 Å². The van der Waals surface area contributed by atoms with Crippen molar-refractivity contribution in [3.05, 3.63) is 16.1 Å². The first-order valence-electron chi connectivity index (χ1n) is 5.86. The van der Waals surface area contributed by atoms with Gasteiger partial charge in [0.15, 0.2) is 0 Å². The van der Waals surface area contributed by atoms with Gasteiger partial charge in [-0.25, -0.2) is 9.97 Å². The largest absolute Gasteiger partial charge is 0.368 e. The molecule has 0 aliphatic carbocycles. The van der Waals surface area contributed by atoms with Gasteiger partial charge in [-0.1, -0.05) is 0 Å². The Labute approximate surface area is 116 Å². The highest BCUT2D eigenvalue weighted by Gasteiger charge is 2.12. The molecule has 0 radical (unpaired) electrons. The van der Waals surface area contributed by atoms with Crippen molar-refractivity contribution >= 4 is 28.4 Å². The molecule has 1 fully saturated rings. The third-order valence-corrected chi connectivity index (χ3v) is 3.77. The van der Waals surface area contributed by atoms with Crippen LogP contribution in [0.4, 0.5) is 5.82 Å². The lowest BCUT2D eigenvalue weighted by molar-refractivity contribution is 0.158. The molecule has 1 N–H and O–H groups in total. The molecule has 0 atom stereocenters. The number of anilines is 1. The average Bonchev–Trinajstić information content (AvgIpc) is 2.34. The summed E-state index contributed by atoms with van der Waals surface area (Å²) in [5.74, 6) is 0.940. The fraction of sp³-hybridized carbons (Fsp3) is 0.636.